The number of nitrogens with zero attached hydrogens (tertiary/aromatic N) is 1. The highest BCUT2D eigenvalue weighted by molar-refractivity contribution is 7.15. The van der Waals surface area contributed by atoms with E-state index in [0.29, 0.717) is 15.9 Å². The molecule has 3 rings (SSSR count). The van der Waals surface area contributed by atoms with Gasteiger partial charge in [0.25, 0.3) is 5.91 Å². The first kappa shape index (κ1) is 15.3. The molecule has 0 saturated carbocycles. The molecule has 2 aromatic rings. The molecule has 0 bridgehead atoms. The van der Waals surface area contributed by atoms with Crippen molar-refractivity contribution in [1.29, 1.82) is 0 Å². The van der Waals surface area contributed by atoms with Crippen LogP contribution in [0.3, 0.4) is 0 Å². The first-order valence-electron chi connectivity index (χ1n) is 7.33. The largest absolute Gasteiger partial charge is 0.481 e. The summed E-state index contributed by atoms with van der Waals surface area (Å²) in [6.07, 6.45) is 3.85. The topological polar surface area (TPSA) is 51.2 Å². The van der Waals surface area contributed by atoms with Gasteiger partial charge in [-0.3, -0.25) is 10.1 Å². The standard InChI is InChI=1S/C16H17ClN2O2S/c1-10(21-12-6-4-5-11(17)9-12)15(20)19-16-18-13-7-2-3-8-14(13)22-16/h4-6,9-10H,2-3,7-8H2,1H3,(H,18,19,20). The molecule has 0 aliphatic heterocycles. The molecule has 6 heteroatoms. The maximum Gasteiger partial charge on any atom is 0.266 e. The Balaban J connectivity index is 1.62. The predicted octanol–water partition coefficient (Wildman–Crippen LogP) is 4.08. The summed E-state index contributed by atoms with van der Waals surface area (Å²) in [6.45, 7) is 1.71. The Kier molecular flexibility index (Phi) is 4.64. The number of ether oxygens (including phenoxy) is 1. The maximum absolute atomic E-state index is 12.2. The van der Waals surface area contributed by atoms with E-state index in [1.54, 1.807) is 42.5 Å². The van der Waals surface area contributed by atoms with Crippen molar-refractivity contribution in [3.05, 3.63) is 39.9 Å². The smallest absolute Gasteiger partial charge is 0.266 e. The van der Waals surface area contributed by atoms with Crippen molar-refractivity contribution in [3.63, 3.8) is 0 Å². The van der Waals surface area contributed by atoms with Crippen molar-refractivity contribution in [3.8, 4) is 5.75 Å². The molecule has 1 atom stereocenters. The fourth-order valence-electron chi connectivity index (χ4n) is 2.41. The van der Waals surface area contributed by atoms with Crippen molar-refractivity contribution in [2.24, 2.45) is 0 Å². The van der Waals surface area contributed by atoms with E-state index in [2.05, 4.69) is 10.3 Å². The van der Waals surface area contributed by atoms with Crippen LogP contribution in [0.15, 0.2) is 24.3 Å². The number of anilines is 1. The average molecular weight is 337 g/mol. The third-order valence-electron chi connectivity index (χ3n) is 3.55. The highest BCUT2D eigenvalue weighted by Crippen LogP contribution is 2.29. The van der Waals surface area contributed by atoms with Gasteiger partial charge in [-0.2, -0.15) is 0 Å². The Bertz CT molecular complexity index is 663. The molecule has 116 valence electrons. The van der Waals surface area contributed by atoms with E-state index in [4.69, 9.17) is 16.3 Å². The van der Waals surface area contributed by atoms with Crippen molar-refractivity contribution in [1.82, 2.24) is 4.98 Å². The number of halogens is 1. The Morgan fingerprint density at radius 2 is 2.23 bits per heavy atom. The van der Waals surface area contributed by atoms with E-state index in [-0.39, 0.29) is 5.91 Å². The molecule has 1 aliphatic carbocycles. The lowest BCUT2D eigenvalue weighted by Gasteiger charge is -2.13. The molecule has 4 nitrogen and oxygen atoms in total. The number of aryl methyl sites for hydroxylation is 2. The minimum atomic E-state index is -0.612. The lowest BCUT2D eigenvalue weighted by atomic mass is 10.0. The molecule has 1 amide bonds. The molecule has 0 saturated heterocycles. The average Bonchev–Trinajstić information content (AvgIpc) is 2.89. The number of hydrogen-bond acceptors (Lipinski definition) is 4. The molecule has 1 aromatic carbocycles. The first-order valence-corrected chi connectivity index (χ1v) is 8.53. The number of rotatable bonds is 4. The SMILES string of the molecule is CC(Oc1cccc(Cl)c1)C(=O)Nc1nc2c(s1)CCCC2. The van der Waals surface area contributed by atoms with Gasteiger partial charge in [-0.05, 0) is 50.8 Å². The summed E-state index contributed by atoms with van der Waals surface area (Å²) < 4.78 is 5.61. The van der Waals surface area contributed by atoms with E-state index in [0.717, 1.165) is 18.5 Å². The number of carbonyl (C=O) groups is 1. The zero-order chi connectivity index (χ0) is 15.5. The number of nitrogens with one attached hydrogen (secondary N) is 1. The molecule has 0 radical (unpaired) electrons. The second-order valence-electron chi connectivity index (χ2n) is 5.30. The van der Waals surface area contributed by atoms with Crippen LogP contribution in [0.1, 0.15) is 30.3 Å². The van der Waals surface area contributed by atoms with Crippen molar-refractivity contribution >= 4 is 34.0 Å². The number of carbonyl (C=O) groups excluding carboxylic acids is 1. The van der Waals surface area contributed by atoms with Crippen LogP contribution in [0.25, 0.3) is 0 Å². The molecule has 1 N–H and O–H groups in total. The van der Waals surface area contributed by atoms with Gasteiger partial charge < -0.3 is 4.74 Å². The predicted molar refractivity (Wildman–Crippen MR) is 88.9 cm³/mol. The number of aromatic nitrogens is 1. The van der Waals surface area contributed by atoms with Crippen LogP contribution in [0.5, 0.6) is 5.75 Å². The van der Waals surface area contributed by atoms with Crippen LogP contribution in [-0.2, 0) is 17.6 Å². The van der Waals surface area contributed by atoms with Gasteiger partial charge >= 0.3 is 0 Å². The Hall–Kier alpha value is -1.59. The molecule has 1 heterocycles. The van der Waals surface area contributed by atoms with Gasteiger partial charge in [0.15, 0.2) is 11.2 Å². The molecule has 22 heavy (non-hydrogen) atoms. The van der Waals surface area contributed by atoms with E-state index in [1.165, 1.54) is 17.7 Å². The summed E-state index contributed by atoms with van der Waals surface area (Å²) in [5.74, 6) is 0.375. The summed E-state index contributed by atoms with van der Waals surface area (Å²) >= 11 is 7.48. The Morgan fingerprint density at radius 3 is 3.00 bits per heavy atom. The second kappa shape index (κ2) is 6.67. The number of amides is 1. The highest BCUT2D eigenvalue weighted by atomic mass is 35.5. The fraction of sp³-hybridized carbons (Fsp3) is 0.375. The van der Waals surface area contributed by atoms with Crippen LogP contribution in [0.2, 0.25) is 5.02 Å². The summed E-state index contributed by atoms with van der Waals surface area (Å²) in [4.78, 5) is 18.0. The summed E-state index contributed by atoms with van der Waals surface area (Å²) in [5, 5.41) is 4.09. The van der Waals surface area contributed by atoms with Crippen LogP contribution < -0.4 is 10.1 Å². The van der Waals surface area contributed by atoms with E-state index in [9.17, 15) is 4.79 Å². The minimum Gasteiger partial charge on any atom is -0.481 e. The number of thiazole rings is 1. The molecular weight excluding hydrogens is 320 g/mol. The summed E-state index contributed by atoms with van der Waals surface area (Å²) in [5.41, 5.74) is 1.13. The van der Waals surface area contributed by atoms with Gasteiger partial charge in [0.1, 0.15) is 5.75 Å². The number of fused-ring (bicyclic) bond motifs is 1. The van der Waals surface area contributed by atoms with E-state index >= 15 is 0 Å². The molecule has 0 spiro atoms. The van der Waals surface area contributed by atoms with Gasteiger partial charge in [0.2, 0.25) is 0 Å². The van der Waals surface area contributed by atoms with Gasteiger partial charge in [0.05, 0.1) is 5.69 Å². The van der Waals surface area contributed by atoms with Gasteiger partial charge in [-0.25, -0.2) is 4.98 Å². The highest BCUT2D eigenvalue weighted by Gasteiger charge is 2.19. The maximum atomic E-state index is 12.2. The molecule has 1 aromatic heterocycles. The summed E-state index contributed by atoms with van der Waals surface area (Å²) in [6, 6.07) is 7.02. The molecule has 0 fully saturated rings. The van der Waals surface area contributed by atoms with E-state index < -0.39 is 6.10 Å². The zero-order valence-corrected chi connectivity index (χ0v) is 13.8. The molecule has 1 aliphatic rings. The lowest BCUT2D eigenvalue weighted by molar-refractivity contribution is -0.122. The van der Waals surface area contributed by atoms with Crippen LogP contribution >= 0.6 is 22.9 Å². The first-order chi connectivity index (χ1) is 10.6. The zero-order valence-electron chi connectivity index (χ0n) is 12.3. The van der Waals surface area contributed by atoms with Crippen molar-refractivity contribution < 1.29 is 9.53 Å². The minimum absolute atomic E-state index is 0.203. The van der Waals surface area contributed by atoms with Crippen LogP contribution in [0.4, 0.5) is 5.13 Å². The Morgan fingerprint density at radius 1 is 1.41 bits per heavy atom. The number of hydrogen-bond donors (Lipinski definition) is 1. The number of benzene rings is 1. The Labute approximate surface area is 138 Å². The second-order valence-corrected chi connectivity index (χ2v) is 6.82. The van der Waals surface area contributed by atoms with Crippen molar-refractivity contribution in [2.75, 3.05) is 5.32 Å². The summed E-state index contributed by atoms with van der Waals surface area (Å²) in [7, 11) is 0. The van der Waals surface area contributed by atoms with Gasteiger partial charge in [-0.1, -0.05) is 17.7 Å². The van der Waals surface area contributed by atoms with Gasteiger partial charge in [-0.15, -0.1) is 11.3 Å². The van der Waals surface area contributed by atoms with Gasteiger partial charge in [0, 0.05) is 9.90 Å². The van der Waals surface area contributed by atoms with E-state index in [1.807, 2.05) is 0 Å². The van der Waals surface area contributed by atoms with Crippen LogP contribution in [0, 0.1) is 0 Å². The van der Waals surface area contributed by atoms with Crippen LogP contribution in [-0.4, -0.2) is 17.0 Å². The lowest BCUT2D eigenvalue weighted by Crippen LogP contribution is -2.30. The third kappa shape index (κ3) is 3.59. The molecule has 1 unspecified atom stereocenters. The fourth-order valence-corrected chi connectivity index (χ4v) is 3.64. The monoisotopic (exact) mass is 336 g/mol. The third-order valence-corrected chi connectivity index (χ3v) is 4.86. The quantitative estimate of drug-likeness (QED) is 0.915. The van der Waals surface area contributed by atoms with Crippen molar-refractivity contribution in [2.45, 2.75) is 38.7 Å². The normalized spacial score (nSPS) is 15.0. The molecular formula is C16H17ClN2O2S.